The molecule has 0 bridgehead atoms. The quantitative estimate of drug-likeness (QED) is 0.684. The maximum absolute atomic E-state index is 12.4. The second kappa shape index (κ2) is 6.80. The molecular formula is C16H18N8O. The molecule has 0 unspecified atom stereocenters. The van der Waals surface area contributed by atoms with Crippen LogP contribution in [0, 0.1) is 0 Å². The van der Waals surface area contributed by atoms with Crippen molar-refractivity contribution in [2.45, 2.75) is 25.9 Å². The van der Waals surface area contributed by atoms with Crippen LogP contribution in [0.5, 0.6) is 0 Å². The van der Waals surface area contributed by atoms with E-state index < -0.39 is 0 Å². The molecule has 0 radical (unpaired) electrons. The van der Waals surface area contributed by atoms with E-state index in [9.17, 15) is 4.79 Å². The molecule has 1 aromatic carbocycles. The van der Waals surface area contributed by atoms with Gasteiger partial charge in [-0.15, -0.1) is 5.10 Å². The SMILES string of the molecule is O=C(CCn1cnnn1)N1CCc2nc(-c3ccccc3)nn2CC1. The van der Waals surface area contributed by atoms with Crippen LogP contribution in [0.2, 0.25) is 0 Å². The third-order valence-corrected chi connectivity index (χ3v) is 4.27. The summed E-state index contributed by atoms with van der Waals surface area (Å²) >= 11 is 0. The van der Waals surface area contributed by atoms with Crippen molar-refractivity contribution in [3.8, 4) is 11.4 Å². The van der Waals surface area contributed by atoms with Crippen LogP contribution in [-0.4, -0.2) is 58.9 Å². The molecule has 2 aromatic heterocycles. The van der Waals surface area contributed by atoms with Gasteiger partial charge in [0.25, 0.3) is 0 Å². The molecule has 0 saturated heterocycles. The van der Waals surface area contributed by atoms with Gasteiger partial charge in [0.2, 0.25) is 5.91 Å². The number of aromatic nitrogens is 7. The van der Waals surface area contributed by atoms with Crippen molar-refractivity contribution in [2.24, 2.45) is 0 Å². The number of carbonyl (C=O) groups is 1. The van der Waals surface area contributed by atoms with E-state index in [1.807, 2.05) is 39.9 Å². The molecule has 1 aliphatic heterocycles. The zero-order valence-corrected chi connectivity index (χ0v) is 13.7. The average molecular weight is 338 g/mol. The number of tetrazole rings is 1. The Bertz CT molecular complexity index is 817. The fourth-order valence-electron chi connectivity index (χ4n) is 2.91. The average Bonchev–Trinajstić information content (AvgIpc) is 3.27. The highest BCUT2D eigenvalue weighted by Gasteiger charge is 2.21. The summed E-state index contributed by atoms with van der Waals surface area (Å²) in [5, 5.41) is 15.5. The highest BCUT2D eigenvalue weighted by Crippen LogP contribution is 2.17. The molecule has 3 aromatic rings. The Morgan fingerprint density at radius 1 is 1.12 bits per heavy atom. The molecule has 9 heteroatoms. The molecule has 25 heavy (non-hydrogen) atoms. The van der Waals surface area contributed by atoms with Gasteiger partial charge < -0.3 is 4.90 Å². The first-order valence-corrected chi connectivity index (χ1v) is 8.27. The summed E-state index contributed by atoms with van der Waals surface area (Å²) in [7, 11) is 0. The number of rotatable bonds is 4. The van der Waals surface area contributed by atoms with Crippen LogP contribution >= 0.6 is 0 Å². The smallest absolute Gasteiger partial charge is 0.224 e. The van der Waals surface area contributed by atoms with Gasteiger partial charge in [0.05, 0.1) is 13.1 Å². The molecule has 0 aliphatic carbocycles. The van der Waals surface area contributed by atoms with Crippen molar-refractivity contribution in [1.29, 1.82) is 0 Å². The van der Waals surface area contributed by atoms with Crippen molar-refractivity contribution in [2.75, 3.05) is 13.1 Å². The van der Waals surface area contributed by atoms with Crippen LogP contribution in [0.4, 0.5) is 0 Å². The number of hydrogen-bond donors (Lipinski definition) is 0. The normalized spacial score (nSPS) is 14.2. The van der Waals surface area contributed by atoms with Gasteiger partial charge in [-0.2, -0.15) is 5.10 Å². The van der Waals surface area contributed by atoms with Crippen molar-refractivity contribution in [1.82, 2.24) is 39.9 Å². The van der Waals surface area contributed by atoms with Gasteiger partial charge in [-0.25, -0.2) is 14.3 Å². The minimum absolute atomic E-state index is 0.101. The van der Waals surface area contributed by atoms with Gasteiger partial charge in [0.15, 0.2) is 5.82 Å². The molecule has 4 rings (SSSR count). The lowest BCUT2D eigenvalue weighted by atomic mass is 10.2. The number of benzene rings is 1. The molecular weight excluding hydrogens is 320 g/mol. The van der Waals surface area contributed by atoms with Crippen LogP contribution in [0.15, 0.2) is 36.7 Å². The van der Waals surface area contributed by atoms with Gasteiger partial charge in [0, 0.05) is 31.5 Å². The third-order valence-electron chi connectivity index (χ3n) is 4.27. The minimum Gasteiger partial charge on any atom is -0.340 e. The van der Waals surface area contributed by atoms with Gasteiger partial charge in [-0.05, 0) is 10.4 Å². The lowest BCUT2D eigenvalue weighted by Gasteiger charge is -2.19. The van der Waals surface area contributed by atoms with Gasteiger partial charge in [-0.1, -0.05) is 30.3 Å². The molecule has 0 spiro atoms. The largest absolute Gasteiger partial charge is 0.340 e. The molecule has 3 heterocycles. The van der Waals surface area contributed by atoms with Crippen LogP contribution in [0.25, 0.3) is 11.4 Å². The zero-order chi connectivity index (χ0) is 17.1. The number of hydrogen-bond acceptors (Lipinski definition) is 6. The topological polar surface area (TPSA) is 94.6 Å². The monoisotopic (exact) mass is 338 g/mol. The number of amides is 1. The lowest BCUT2D eigenvalue weighted by molar-refractivity contribution is -0.131. The standard InChI is InChI=1S/C16H18N8O/c25-15(7-9-23-12-17-20-21-23)22-8-6-14-18-16(19-24(14)11-10-22)13-4-2-1-3-5-13/h1-5,12H,6-11H2. The Morgan fingerprint density at radius 3 is 2.80 bits per heavy atom. The Labute approximate surface area is 144 Å². The van der Waals surface area contributed by atoms with Crippen LogP contribution < -0.4 is 0 Å². The van der Waals surface area contributed by atoms with E-state index in [1.165, 1.54) is 6.33 Å². The van der Waals surface area contributed by atoms with Crippen LogP contribution in [0.1, 0.15) is 12.2 Å². The second-order valence-electron chi connectivity index (χ2n) is 5.89. The Balaban J connectivity index is 1.39. The van der Waals surface area contributed by atoms with Crippen molar-refractivity contribution in [3.63, 3.8) is 0 Å². The van der Waals surface area contributed by atoms with Crippen molar-refractivity contribution >= 4 is 5.91 Å². The first kappa shape index (κ1) is 15.4. The Kier molecular flexibility index (Phi) is 4.19. The second-order valence-corrected chi connectivity index (χ2v) is 5.89. The number of carbonyl (C=O) groups excluding carboxylic acids is 1. The third kappa shape index (κ3) is 3.39. The van der Waals surface area contributed by atoms with Gasteiger partial charge in [0.1, 0.15) is 12.2 Å². The molecule has 0 saturated carbocycles. The van der Waals surface area contributed by atoms with E-state index in [1.54, 1.807) is 4.68 Å². The van der Waals surface area contributed by atoms with Crippen LogP contribution in [-0.2, 0) is 24.3 Å². The van der Waals surface area contributed by atoms with E-state index in [2.05, 4.69) is 25.6 Å². The van der Waals surface area contributed by atoms with Gasteiger partial charge >= 0.3 is 0 Å². The van der Waals surface area contributed by atoms with E-state index in [0.29, 0.717) is 39.0 Å². The summed E-state index contributed by atoms with van der Waals surface area (Å²) < 4.78 is 3.48. The van der Waals surface area contributed by atoms with E-state index in [4.69, 9.17) is 0 Å². The minimum atomic E-state index is 0.101. The van der Waals surface area contributed by atoms with Gasteiger partial charge in [-0.3, -0.25) is 4.79 Å². The fraction of sp³-hybridized carbons (Fsp3) is 0.375. The molecule has 128 valence electrons. The summed E-state index contributed by atoms with van der Waals surface area (Å²) in [6, 6.07) is 9.94. The summed E-state index contributed by atoms with van der Waals surface area (Å²) in [4.78, 5) is 18.9. The maximum Gasteiger partial charge on any atom is 0.224 e. The van der Waals surface area contributed by atoms with Crippen molar-refractivity contribution < 1.29 is 4.79 Å². The lowest BCUT2D eigenvalue weighted by Crippen LogP contribution is -2.34. The molecule has 0 atom stereocenters. The van der Waals surface area contributed by atoms with E-state index >= 15 is 0 Å². The predicted molar refractivity (Wildman–Crippen MR) is 88.2 cm³/mol. The summed E-state index contributed by atoms with van der Waals surface area (Å²) in [5.41, 5.74) is 1.01. The molecule has 9 nitrogen and oxygen atoms in total. The number of nitrogens with zero attached hydrogens (tertiary/aromatic N) is 8. The molecule has 0 fully saturated rings. The fourth-order valence-corrected chi connectivity index (χ4v) is 2.91. The Morgan fingerprint density at radius 2 is 2.00 bits per heavy atom. The summed E-state index contributed by atoms with van der Waals surface area (Å²) in [6.45, 7) is 2.44. The number of aryl methyl sites for hydroxylation is 1. The summed E-state index contributed by atoms with van der Waals surface area (Å²) in [6.07, 6.45) is 2.60. The summed E-state index contributed by atoms with van der Waals surface area (Å²) in [5.74, 6) is 1.77. The van der Waals surface area contributed by atoms with Crippen LogP contribution in [0.3, 0.4) is 0 Å². The molecule has 0 N–H and O–H groups in total. The predicted octanol–water partition coefficient (Wildman–Crippen LogP) is 0.407. The highest BCUT2D eigenvalue weighted by molar-refractivity contribution is 5.76. The van der Waals surface area contributed by atoms with Crippen molar-refractivity contribution in [3.05, 3.63) is 42.5 Å². The molecule has 1 amide bonds. The zero-order valence-electron chi connectivity index (χ0n) is 13.7. The first-order chi connectivity index (χ1) is 12.3. The maximum atomic E-state index is 12.4. The number of fused-ring (bicyclic) bond motifs is 1. The molecule has 1 aliphatic rings. The van der Waals surface area contributed by atoms with E-state index in [0.717, 1.165) is 17.2 Å². The highest BCUT2D eigenvalue weighted by atomic mass is 16.2. The Hall–Kier alpha value is -3.10. The van der Waals surface area contributed by atoms with E-state index in [-0.39, 0.29) is 5.91 Å². The first-order valence-electron chi connectivity index (χ1n) is 8.27.